The van der Waals surface area contributed by atoms with E-state index in [-0.39, 0.29) is 11.8 Å². The Morgan fingerprint density at radius 3 is 2.50 bits per heavy atom. The molecule has 0 aliphatic heterocycles. The molecule has 0 fully saturated rings. The van der Waals surface area contributed by atoms with Crippen LogP contribution in [0, 0.1) is 6.92 Å². The maximum atomic E-state index is 11.9. The molecule has 5 nitrogen and oxygen atoms in total. The topological polar surface area (TPSA) is 67.4 Å². The molecule has 0 bridgehead atoms. The number of hydrogen-bond acceptors (Lipinski definition) is 3. The third-order valence-electron chi connectivity index (χ3n) is 3.32. The lowest BCUT2D eigenvalue weighted by molar-refractivity contribution is -0.120. The first kappa shape index (κ1) is 17.5. The number of ether oxygens (including phenoxy) is 1. The molecular formula is C19H22N2O3. The summed E-state index contributed by atoms with van der Waals surface area (Å²) >= 11 is 0. The minimum absolute atomic E-state index is 0.0601. The molecule has 0 radical (unpaired) electrons. The molecule has 5 heteroatoms. The molecule has 0 unspecified atom stereocenters. The first-order valence-corrected chi connectivity index (χ1v) is 7.85. The van der Waals surface area contributed by atoms with Gasteiger partial charge in [0.2, 0.25) is 11.8 Å². The summed E-state index contributed by atoms with van der Waals surface area (Å²) < 4.78 is 5.59. The summed E-state index contributed by atoms with van der Waals surface area (Å²) in [7, 11) is 0. The zero-order valence-electron chi connectivity index (χ0n) is 14.0. The highest BCUT2D eigenvalue weighted by Gasteiger charge is 2.04. The Hall–Kier alpha value is -2.82. The molecule has 0 heterocycles. The van der Waals surface area contributed by atoms with Crippen molar-refractivity contribution in [2.75, 3.05) is 18.5 Å². The molecule has 0 aliphatic carbocycles. The predicted molar refractivity (Wildman–Crippen MR) is 94.1 cm³/mol. The third-order valence-corrected chi connectivity index (χ3v) is 3.32. The lowest BCUT2D eigenvalue weighted by Gasteiger charge is -2.09. The molecule has 0 aromatic heterocycles. The van der Waals surface area contributed by atoms with Crippen molar-refractivity contribution < 1.29 is 14.3 Å². The number of benzene rings is 2. The highest BCUT2D eigenvalue weighted by Crippen LogP contribution is 2.12. The minimum Gasteiger partial charge on any atom is -0.492 e. The van der Waals surface area contributed by atoms with Gasteiger partial charge in [-0.05, 0) is 42.3 Å². The van der Waals surface area contributed by atoms with E-state index in [4.69, 9.17) is 4.74 Å². The Kier molecular flexibility index (Phi) is 6.37. The van der Waals surface area contributed by atoms with Crippen molar-refractivity contribution in [2.24, 2.45) is 0 Å². The molecule has 2 rings (SSSR count). The molecule has 126 valence electrons. The summed E-state index contributed by atoms with van der Waals surface area (Å²) in [5, 5.41) is 5.52. The number of nitrogens with one attached hydrogen (secondary N) is 2. The average molecular weight is 326 g/mol. The van der Waals surface area contributed by atoms with Crippen molar-refractivity contribution in [2.45, 2.75) is 20.3 Å². The Morgan fingerprint density at radius 1 is 1.08 bits per heavy atom. The van der Waals surface area contributed by atoms with Gasteiger partial charge in [0.05, 0.1) is 13.0 Å². The van der Waals surface area contributed by atoms with E-state index in [1.165, 1.54) is 6.92 Å². The van der Waals surface area contributed by atoms with Crippen molar-refractivity contribution >= 4 is 17.5 Å². The highest BCUT2D eigenvalue weighted by atomic mass is 16.5. The molecule has 2 aromatic rings. The number of rotatable bonds is 7. The van der Waals surface area contributed by atoms with E-state index in [2.05, 4.69) is 10.6 Å². The van der Waals surface area contributed by atoms with Crippen molar-refractivity contribution in [1.29, 1.82) is 0 Å². The van der Waals surface area contributed by atoms with E-state index >= 15 is 0 Å². The second kappa shape index (κ2) is 8.72. The number of anilines is 1. The molecule has 2 amide bonds. The molecule has 2 aromatic carbocycles. The summed E-state index contributed by atoms with van der Waals surface area (Å²) in [6.07, 6.45) is 0.296. The van der Waals surface area contributed by atoms with Gasteiger partial charge in [-0.25, -0.2) is 0 Å². The van der Waals surface area contributed by atoms with Crippen LogP contribution in [-0.4, -0.2) is 25.0 Å². The van der Waals surface area contributed by atoms with Crippen molar-refractivity contribution in [3.8, 4) is 5.75 Å². The standard InChI is InChI=1S/C19H22N2O3/c1-14-4-3-5-18(12-14)24-11-10-20-19(23)13-16-6-8-17(9-7-16)21-15(2)22/h3-9,12H,10-11,13H2,1-2H3,(H,20,23)(H,21,22). The molecule has 0 spiro atoms. The Labute approximate surface area is 142 Å². The zero-order chi connectivity index (χ0) is 17.4. The van der Waals surface area contributed by atoms with Gasteiger partial charge < -0.3 is 15.4 Å². The maximum Gasteiger partial charge on any atom is 0.224 e. The van der Waals surface area contributed by atoms with E-state index in [0.717, 1.165) is 22.6 Å². The molecule has 0 saturated heterocycles. The first-order chi connectivity index (χ1) is 11.5. The fourth-order valence-electron chi connectivity index (χ4n) is 2.22. The van der Waals surface area contributed by atoms with Gasteiger partial charge in [-0.2, -0.15) is 0 Å². The summed E-state index contributed by atoms with van der Waals surface area (Å²) in [5.41, 5.74) is 2.75. The Morgan fingerprint density at radius 2 is 1.83 bits per heavy atom. The van der Waals surface area contributed by atoms with E-state index in [9.17, 15) is 9.59 Å². The van der Waals surface area contributed by atoms with Gasteiger partial charge in [-0.1, -0.05) is 24.3 Å². The van der Waals surface area contributed by atoms with Crippen LogP contribution >= 0.6 is 0 Å². The van der Waals surface area contributed by atoms with Gasteiger partial charge in [0, 0.05) is 12.6 Å². The monoisotopic (exact) mass is 326 g/mol. The van der Waals surface area contributed by atoms with Crippen LogP contribution in [0.25, 0.3) is 0 Å². The lowest BCUT2D eigenvalue weighted by Crippen LogP contribution is -2.29. The number of carbonyl (C=O) groups is 2. The van der Waals surface area contributed by atoms with Crippen LogP contribution in [0.5, 0.6) is 5.75 Å². The van der Waals surface area contributed by atoms with Gasteiger partial charge in [0.15, 0.2) is 0 Å². The van der Waals surface area contributed by atoms with Crippen molar-refractivity contribution in [1.82, 2.24) is 5.32 Å². The SMILES string of the molecule is CC(=O)Nc1ccc(CC(=O)NCCOc2cccc(C)c2)cc1. The lowest BCUT2D eigenvalue weighted by atomic mass is 10.1. The molecule has 2 N–H and O–H groups in total. The first-order valence-electron chi connectivity index (χ1n) is 7.85. The zero-order valence-corrected chi connectivity index (χ0v) is 14.0. The predicted octanol–water partition coefficient (Wildman–Crippen LogP) is 2.69. The molecule has 0 atom stereocenters. The molecule has 0 saturated carbocycles. The van der Waals surface area contributed by atoms with E-state index in [0.29, 0.717) is 19.6 Å². The molecular weight excluding hydrogens is 304 g/mol. The highest BCUT2D eigenvalue weighted by molar-refractivity contribution is 5.88. The van der Waals surface area contributed by atoms with Crippen molar-refractivity contribution in [3.63, 3.8) is 0 Å². The summed E-state index contributed by atoms with van der Waals surface area (Å²) in [6.45, 7) is 4.35. The van der Waals surface area contributed by atoms with Gasteiger partial charge >= 0.3 is 0 Å². The van der Waals surface area contributed by atoms with Crippen LogP contribution in [-0.2, 0) is 16.0 Å². The summed E-state index contributed by atoms with van der Waals surface area (Å²) in [4.78, 5) is 22.9. The van der Waals surface area contributed by atoms with E-state index in [1.807, 2.05) is 43.3 Å². The Balaban J connectivity index is 1.70. The fraction of sp³-hybridized carbons (Fsp3) is 0.263. The third kappa shape index (κ3) is 6.12. The summed E-state index contributed by atoms with van der Waals surface area (Å²) in [6, 6.07) is 15.0. The van der Waals surface area contributed by atoms with Crippen LogP contribution in [0.3, 0.4) is 0 Å². The number of carbonyl (C=O) groups excluding carboxylic acids is 2. The maximum absolute atomic E-state index is 11.9. The van der Waals surface area contributed by atoms with Gasteiger partial charge in [0.25, 0.3) is 0 Å². The number of amides is 2. The summed E-state index contributed by atoms with van der Waals surface area (Å²) in [5.74, 6) is 0.627. The van der Waals surface area contributed by atoms with Crippen LogP contribution in [0.1, 0.15) is 18.1 Å². The van der Waals surface area contributed by atoms with Crippen LogP contribution in [0.15, 0.2) is 48.5 Å². The van der Waals surface area contributed by atoms with Crippen LogP contribution < -0.4 is 15.4 Å². The van der Waals surface area contributed by atoms with E-state index < -0.39 is 0 Å². The van der Waals surface area contributed by atoms with Gasteiger partial charge in [-0.15, -0.1) is 0 Å². The average Bonchev–Trinajstić information content (AvgIpc) is 2.53. The molecule has 0 aliphatic rings. The Bertz CT molecular complexity index is 696. The van der Waals surface area contributed by atoms with Crippen LogP contribution in [0.2, 0.25) is 0 Å². The normalized spacial score (nSPS) is 10.1. The van der Waals surface area contributed by atoms with Crippen LogP contribution in [0.4, 0.5) is 5.69 Å². The quantitative estimate of drug-likeness (QED) is 0.769. The number of hydrogen-bond donors (Lipinski definition) is 2. The smallest absolute Gasteiger partial charge is 0.224 e. The van der Waals surface area contributed by atoms with Gasteiger partial charge in [0.1, 0.15) is 12.4 Å². The van der Waals surface area contributed by atoms with Crippen molar-refractivity contribution in [3.05, 3.63) is 59.7 Å². The minimum atomic E-state index is -0.117. The largest absolute Gasteiger partial charge is 0.492 e. The second-order valence-corrected chi connectivity index (χ2v) is 5.57. The molecule has 24 heavy (non-hydrogen) atoms. The fourth-order valence-corrected chi connectivity index (χ4v) is 2.22. The van der Waals surface area contributed by atoms with Gasteiger partial charge in [-0.3, -0.25) is 9.59 Å². The van der Waals surface area contributed by atoms with E-state index in [1.54, 1.807) is 12.1 Å². The second-order valence-electron chi connectivity index (χ2n) is 5.57. The number of aryl methyl sites for hydroxylation is 1.